The van der Waals surface area contributed by atoms with Crippen molar-refractivity contribution in [3.63, 3.8) is 0 Å². The molecule has 176 valence electrons. The van der Waals surface area contributed by atoms with Crippen LogP contribution in [-0.2, 0) is 11.3 Å². The number of amides is 1. The van der Waals surface area contributed by atoms with E-state index >= 15 is 0 Å². The SMILES string of the molecule is Cc1cc(C)c(NC(=O)Cn2nc(C(C)C)c3cnn(-c4ccc(C)c(C)c4)c3c2=O)c(C)c1. The molecule has 34 heavy (non-hydrogen) atoms. The van der Waals surface area contributed by atoms with Gasteiger partial charge in [0.05, 0.1) is 17.6 Å². The van der Waals surface area contributed by atoms with Crippen LogP contribution < -0.4 is 10.9 Å². The Kier molecular flexibility index (Phi) is 6.13. The highest BCUT2D eigenvalue weighted by atomic mass is 16.2. The van der Waals surface area contributed by atoms with Crippen LogP contribution in [0.1, 0.15) is 53.3 Å². The summed E-state index contributed by atoms with van der Waals surface area (Å²) in [5.41, 5.74) is 7.78. The summed E-state index contributed by atoms with van der Waals surface area (Å²) < 4.78 is 2.91. The first-order valence-corrected chi connectivity index (χ1v) is 11.5. The third-order valence-corrected chi connectivity index (χ3v) is 6.23. The van der Waals surface area contributed by atoms with Gasteiger partial charge in [0, 0.05) is 11.1 Å². The van der Waals surface area contributed by atoms with Gasteiger partial charge in [-0.1, -0.05) is 37.6 Å². The van der Waals surface area contributed by atoms with Gasteiger partial charge >= 0.3 is 0 Å². The standard InChI is InChI=1S/C27H31N5O2/c1-15(2)24-22-13-28-32(21-9-8-17(4)18(5)12-21)26(22)27(34)31(30-24)14-23(33)29-25-19(6)10-16(3)11-20(25)7/h8-13,15H,14H2,1-7H3,(H,29,33). The van der Waals surface area contributed by atoms with Gasteiger partial charge in [0.2, 0.25) is 5.91 Å². The molecule has 4 rings (SSSR count). The van der Waals surface area contributed by atoms with E-state index in [9.17, 15) is 9.59 Å². The molecule has 0 bridgehead atoms. The summed E-state index contributed by atoms with van der Waals surface area (Å²) in [5, 5.41) is 12.8. The van der Waals surface area contributed by atoms with E-state index in [1.54, 1.807) is 10.9 Å². The van der Waals surface area contributed by atoms with Crippen LogP contribution in [0.3, 0.4) is 0 Å². The maximum atomic E-state index is 13.5. The fourth-order valence-electron chi connectivity index (χ4n) is 4.37. The smallest absolute Gasteiger partial charge is 0.293 e. The van der Waals surface area contributed by atoms with Gasteiger partial charge in [0.15, 0.2) is 0 Å². The highest BCUT2D eigenvalue weighted by Crippen LogP contribution is 2.24. The Morgan fingerprint density at radius 2 is 1.65 bits per heavy atom. The molecule has 0 aliphatic rings. The second-order valence-electron chi connectivity index (χ2n) is 9.41. The molecule has 0 unspecified atom stereocenters. The number of aromatic nitrogens is 4. The second kappa shape index (κ2) is 8.89. The molecular weight excluding hydrogens is 426 g/mol. The van der Waals surface area contributed by atoms with E-state index in [-0.39, 0.29) is 23.9 Å². The lowest BCUT2D eigenvalue weighted by atomic mass is 10.1. The monoisotopic (exact) mass is 457 g/mol. The van der Waals surface area contributed by atoms with Crippen molar-refractivity contribution < 1.29 is 4.79 Å². The minimum Gasteiger partial charge on any atom is -0.324 e. The average molecular weight is 458 g/mol. The third kappa shape index (κ3) is 4.25. The number of fused-ring (bicyclic) bond motifs is 1. The normalized spacial score (nSPS) is 11.4. The van der Waals surface area contributed by atoms with E-state index in [1.807, 2.05) is 78.8 Å². The molecule has 0 spiro atoms. The van der Waals surface area contributed by atoms with E-state index in [2.05, 4.69) is 15.5 Å². The van der Waals surface area contributed by atoms with Gasteiger partial charge in [-0.2, -0.15) is 10.2 Å². The number of rotatable bonds is 5. The number of hydrogen-bond donors (Lipinski definition) is 1. The topological polar surface area (TPSA) is 81.8 Å². The summed E-state index contributed by atoms with van der Waals surface area (Å²) in [5.74, 6) is -0.243. The molecule has 7 nitrogen and oxygen atoms in total. The van der Waals surface area contributed by atoms with Crippen LogP contribution in [0.2, 0.25) is 0 Å². The van der Waals surface area contributed by atoms with Gasteiger partial charge in [-0.3, -0.25) is 9.59 Å². The van der Waals surface area contributed by atoms with Gasteiger partial charge in [0.1, 0.15) is 12.1 Å². The maximum Gasteiger partial charge on any atom is 0.293 e. The summed E-state index contributed by atoms with van der Waals surface area (Å²) in [6.45, 7) is 13.9. The summed E-state index contributed by atoms with van der Waals surface area (Å²) in [4.78, 5) is 26.5. The number of nitrogens with one attached hydrogen (secondary N) is 1. The van der Waals surface area contributed by atoms with Crippen LogP contribution in [0.15, 0.2) is 41.3 Å². The van der Waals surface area contributed by atoms with Gasteiger partial charge in [-0.25, -0.2) is 9.36 Å². The molecule has 0 fully saturated rings. The molecule has 2 heterocycles. The van der Waals surface area contributed by atoms with Crippen LogP contribution in [0.5, 0.6) is 0 Å². The lowest BCUT2D eigenvalue weighted by Gasteiger charge is -2.15. The zero-order valence-electron chi connectivity index (χ0n) is 20.9. The van der Waals surface area contributed by atoms with Crippen LogP contribution in [0.25, 0.3) is 16.6 Å². The first-order valence-electron chi connectivity index (χ1n) is 11.5. The second-order valence-corrected chi connectivity index (χ2v) is 9.41. The van der Waals surface area contributed by atoms with Crippen molar-refractivity contribution in [1.82, 2.24) is 19.6 Å². The number of carbonyl (C=O) groups is 1. The number of hydrogen-bond acceptors (Lipinski definition) is 4. The summed E-state index contributed by atoms with van der Waals surface area (Å²) in [7, 11) is 0. The lowest BCUT2D eigenvalue weighted by Crippen LogP contribution is -2.32. The Balaban J connectivity index is 1.79. The number of aryl methyl sites for hydroxylation is 5. The van der Waals surface area contributed by atoms with Crippen molar-refractivity contribution in [2.75, 3.05) is 5.32 Å². The fraction of sp³-hybridized carbons (Fsp3) is 0.333. The first-order chi connectivity index (χ1) is 16.1. The van der Waals surface area contributed by atoms with Crippen molar-refractivity contribution in [3.8, 4) is 5.69 Å². The summed E-state index contributed by atoms with van der Waals surface area (Å²) >= 11 is 0. The molecule has 0 aliphatic heterocycles. The van der Waals surface area contributed by atoms with Gasteiger partial charge in [0.25, 0.3) is 5.56 Å². The van der Waals surface area contributed by atoms with E-state index in [0.717, 1.165) is 39.3 Å². The highest BCUT2D eigenvalue weighted by molar-refractivity contribution is 5.92. The molecule has 0 aliphatic carbocycles. The summed E-state index contributed by atoms with van der Waals surface area (Å²) in [6, 6.07) is 10.0. The lowest BCUT2D eigenvalue weighted by molar-refractivity contribution is -0.117. The predicted octanol–water partition coefficient (Wildman–Crippen LogP) is 4.89. The Labute approximate surface area is 199 Å². The molecule has 4 aromatic rings. The van der Waals surface area contributed by atoms with Crippen molar-refractivity contribution in [2.45, 2.75) is 60.9 Å². The van der Waals surface area contributed by atoms with Crippen LogP contribution in [0, 0.1) is 34.6 Å². The molecule has 0 atom stereocenters. The molecule has 0 saturated heterocycles. The molecule has 2 aromatic carbocycles. The number of nitrogens with zero attached hydrogens (tertiary/aromatic N) is 4. The predicted molar refractivity (Wildman–Crippen MR) is 136 cm³/mol. The number of anilines is 1. The first kappa shape index (κ1) is 23.4. The van der Waals surface area contributed by atoms with E-state index < -0.39 is 0 Å². The van der Waals surface area contributed by atoms with Crippen LogP contribution in [-0.4, -0.2) is 25.5 Å². The molecule has 7 heteroatoms. The van der Waals surface area contributed by atoms with Gasteiger partial charge < -0.3 is 5.32 Å². The largest absolute Gasteiger partial charge is 0.324 e. The Morgan fingerprint density at radius 1 is 0.971 bits per heavy atom. The van der Waals surface area contributed by atoms with Crippen molar-refractivity contribution in [3.05, 3.63) is 80.4 Å². The molecule has 1 N–H and O–H groups in total. The molecule has 2 aromatic heterocycles. The Bertz CT molecular complexity index is 1450. The molecule has 1 amide bonds. The van der Waals surface area contributed by atoms with Crippen LogP contribution >= 0.6 is 0 Å². The van der Waals surface area contributed by atoms with Gasteiger partial charge in [-0.15, -0.1) is 0 Å². The zero-order valence-corrected chi connectivity index (χ0v) is 20.9. The fourth-order valence-corrected chi connectivity index (χ4v) is 4.37. The molecular formula is C27H31N5O2. The molecule has 0 radical (unpaired) electrons. The molecule has 0 saturated carbocycles. The quantitative estimate of drug-likeness (QED) is 0.463. The van der Waals surface area contributed by atoms with Gasteiger partial charge in [-0.05, 0) is 74.9 Å². The highest BCUT2D eigenvalue weighted by Gasteiger charge is 2.20. The zero-order chi connectivity index (χ0) is 24.7. The van der Waals surface area contributed by atoms with Crippen molar-refractivity contribution in [2.24, 2.45) is 0 Å². The Morgan fingerprint density at radius 3 is 2.26 bits per heavy atom. The van der Waals surface area contributed by atoms with Crippen LogP contribution in [0.4, 0.5) is 5.69 Å². The number of benzene rings is 2. The van der Waals surface area contributed by atoms with Crippen molar-refractivity contribution in [1.29, 1.82) is 0 Å². The van der Waals surface area contributed by atoms with E-state index in [0.29, 0.717) is 10.9 Å². The minimum atomic E-state index is -0.345. The average Bonchev–Trinajstić information content (AvgIpc) is 3.20. The third-order valence-electron chi connectivity index (χ3n) is 6.23. The van der Waals surface area contributed by atoms with E-state index in [4.69, 9.17) is 0 Å². The van der Waals surface area contributed by atoms with Crippen molar-refractivity contribution >= 4 is 22.5 Å². The Hall–Kier alpha value is -3.74. The number of carbonyl (C=O) groups excluding carboxylic acids is 1. The summed E-state index contributed by atoms with van der Waals surface area (Å²) in [6.07, 6.45) is 1.69. The minimum absolute atomic E-state index is 0.0522. The van der Waals surface area contributed by atoms with E-state index in [1.165, 1.54) is 10.2 Å². The maximum absolute atomic E-state index is 13.5.